The maximum absolute atomic E-state index is 12.8. The van der Waals surface area contributed by atoms with Crippen molar-refractivity contribution in [3.05, 3.63) is 59.5 Å². The molecule has 2 aromatic rings. The lowest BCUT2D eigenvalue weighted by molar-refractivity contribution is -0.124. The molecule has 1 aliphatic rings. The fraction of sp³-hybridized carbons (Fsp3) is 0.435. The van der Waals surface area contributed by atoms with E-state index in [-0.39, 0.29) is 23.6 Å². The molecule has 7 nitrogen and oxygen atoms in total. The molecule has 2 N–H and O–H groups in total. The molecule has 0 saturated carbocycles. The zero-order chi connectivity index (χ0) is 21.5. The lowest BCUT2D eigenvalue weighted by Gasteiger charge is -2.35. The highest BCUT2D eigenvalue weighted by molar-refractivity contribution is 5.97. The average Bonchev–Trinajstić information content (AvgIpc) is 3.30. The van der Waals surface area contributed by atoms with Crippen LogP contribution in [0.2, 0.25) is 0 Å². The maximum atomic E-state index is 12.8. The predicted octanol–water partition coefficient (Wildman–Crippen LogP) is 2.77. The molecule has 1 atom stereocenters. The largest absolute Gasteiger partial charge is 0.459 e. The molecule has 0 aliphatic carbocycles. The first kappa shape index (κ1) is 21.6. The van der Waals surface area contributed by atoms with Gasteiger partial charge in [0.15, 0.2) is 5.76 Å². The van der Waals surface area contributed by atoms with Crippen molar-refractivity contribution in [3.63, 3.8) is 0 Å². The molecule has 1 aromatic heterocycles. The van der Waals surface area contributed by atoms with Crippen LogP contribution in [0.3, 0.4) is 0 Å². The van der Waals surface area contributed by atoms with E-state index in [2.05, 4.69) is 10.6 Å². The van der Waals surface area contributed by atoms with Gasteiger partial charge in [-0.1, -0.05) is 24.6 Å². The number of likely N-dealkylation sites (tertiary alicyclic amines) is 1. The van der Waals surface area contributed by atoms with Crippen molar-refractivity contribution in [3.8, 4) is 0 Å². The van der Waals surface area contributed by atoms with Crippen LogP contribution in [0.4, 0.5) is 0 Å². The molecule has 2 heterocycles. The highest BCUT2D eigenvalue weighted by Crippen LogP contribution is 2.23. The van der Waals surface area contributed by atoms with Crippen LogP contribution in [0.1, 0.15) is 52.7 Å². The fourth-order valence-electron chi connectivity index (χ4n) is 3.76. The molecule has 3 amide bonds. The smallest absolute Gasteiger partial charge is 0.289 e. The van der Waals surface area contributed by atoms with E-state index in [1.807, 2.05) is 26.0 Å². The van der Waals surface area contributed by atoms with Gasteiger partial charge in [0.2, 0.25) is 5.91 Å². The van der Waals surface area contributed by atoms with E-state index in [0.717, 1.165) is 12.0 Å². The molecule has 0 spiro atoms. The van der Waals surface area contributed by atoms with E-state index in [4.69, 9.17) is 4.42 Å². The molecule has 30 heavy (non-hydrogen) atoms. The van der Waals surface area contributed by atoms with Crippen molar-refractivity contribution in [2.45, 2.75) is 39.2 Å². The van der Waals surface area contributed by atoms with Gasteiger partial charge in [0.05, 0.1) is 6.26 Å². The van der Waals surface area contributed by atoms with Crippen LogP contribution in [-0.4, -0.2) is 48.3 Å². The minimum Gasteiger partial charge on any atom is -0.459 e. The number of nitrogens with zero attached hydrogens (tertiary/aromatic N) is 1. The number of amides is 3. The van der Waals surface area contributed by atoms with Gasteiger partial charge >= 0.3 is 0 Å². The Kier molecular flexibility index (Phi) is 7.27. The van der Waals surface area contributed by atoms with Gasteiger partial charge in [0.25, 0.3) is 11.8 Å². The van der Waals surface area contributed by atoms with E-state index < -0.39 is 6.04 Å². The third-order valence-electron chi connectivity index (χ3n) is 5.43. The molecule has 0 radical (unpaired) electrons. The summed E-state index contributed by atoms with van der Waals surface area (Å²) < 4.78 is 5.20. The summed E-state index contributed by atoms with van der Waals surface area (Å²) in [7, 11) is 0. The van der Waals surface area contributed by atoms with E-state index in [0.29, 0.717) is 43.8 Å². The highest BCUT2D eigenvalue weighted by Gasteiger charge is 2.34. The SMILES string of the molecule is CCCNC(=O)C(NC(=O)c1cccc(C)c1)C1CCN(C(=O)c2ccco2)CC1. The highest BCUT2D eigenvalue weighted by atomic mass is 16.3. The molecule has 1 fully saturated rings. The minimum absolute atomic E-state index is 0.0451. The molecule has 3 rings (SSSR count). The Morgan fingerprint density at radius 2 is 1.93 bits per heavy atom. The van der Waals surface area contributed by atoms with Gasteiger partial charge in [-0.3, -0.25) is 14.4 Å². The van der Waals surface area contributed by atoms with Gasteiger partial charge in [-0.05, 0) is 56.4 Å². The van der Waals surface area contributed by atoms with Gasteiger partial charge in [-0.15, -0.1) is 0 Å². The van der Waals surface area contributed by atoms with Crippen molar-refractivity contribution < 1.29 is 18.8 Å². The predicted molar refractivity (Wildman–Crippen MR) is 113 cm³/mol. The Balaban J connectivity index is 1.67. The Labute approximate surface area is 176 Å². The summed E-state index contributed by atoms with van der Waals surface area (Å²) in [4.78, 5) is 39.8. The quantitative estimate of drug-likeness (QED) is 0.733. The van der Waals surface area contributed by atoms with Gasteiger partial charge in [0.1, 0.15) is 6.04 Å². The standard InChI is InChI=1S/C23H29N3O4/c1-3-11-24-22(28)20(25-21(27)18-7-4-6-16(2)15-18)17-9-12-26(13-10-17)23(29)19-8-5-14-30-19/h4-8,14-15,17,20H,3,9-13H2,1-2H3,(H,24,28)(H,25,27). The van der Waals surface area contributed by atoms with Crippen LogP contribution in [-0.2, 0) is 4.79 Å². The maximum Gasteiger partial charge on any atom is 0.289 e. The monoisotopic (exact) mass is 411 g/mol. The molecular formula is C23H29N3O4. The normalized spacial score (nSPS) is 15.5. The average molecular weight is 412 g/mol. The number of aryl methyl sites for hydroxylation is 1. The molecule has 1 saturated heterocycles. The van der Waals surface area contributed by atoms with Gasteiger partial charge in [0, 0.05) is 25.2 Å². The minimum atomic E-state index is -0.634. The summed E-state index contributed by atoms with van der Waals surface area (Å²) in [5, 5.41) is 5.84. The van der Waals surface area contributed by atoms with Crippen molar-refractivity contribution >= 4 is 17.7 Å². The third-order valence-corrected chi connectivity index (χ3v) is 5.43. The summed E-state index contributed by atoms with van der Waals surface area (Å²) in [5.74, 6) is -0.304. The molecule has 7 heteroatoms. The number of nitrogens with one attached hydrogen (secondary N) is 2. The Bertz CT molecular complexity index is 870. The van der Waals surface area contributed by atoms with Crippen molar-refractivity contribution in [1.29, 1.82) is 0 Å². The van der Waals surface area contributed by atoms with Gasteiger partial charge < -0.3 is 20.0 Å². The Hall–Kier alpha value is -3.09. The molecule has 1 aromatic carbocycles. The number of piperidine rings is 1. The van der Waals surface area contributed by atoms with Crippen LogP contribution < -0.4 is 10.6 Å². The van der Waals surface area contributed by atoms with Crippen molar-refractivity contribution in [1.82, 2.24) is 15.5 Å². The summed E-state index contributed by atoms with van der Waals surface area (Å²) in [6.45, 7) is 5.50. The second-order valence-corrected chi connectivity index (χ2v) is 7.72. The molecule has 160 valence electrons. The summed E-state index contributed by atoms with van der Waals surface area (Å²) in [6.07, 6.45) is 3.56. The topological polar surface area (TPSA) is 91.7 Å². The van der Waals surface area contributed by atoms with E-state index in [1.54, 1.807) is 29.2 Å². The second-order valence-electron chi connectivity index (χ2n) is 7.72. The van der Waals surface area contributed by atoms with Crippen LogP contribution in [0.25, 0.3) is 0 Å². The molecular weight excluding hydrogens is 382 g/mol. The van der Waals surface area contributed by atoms with Crippen molar-refractivity contribution in [2.24, 2.45) is 5.92 Å². The van der Waals surface area contributed by atoms with Gasteiger partial charge in [-0.25, -0.2) is 0 Å². The van der Waals surface area contributed by atoms with E-state index >= 15 is 0 Å². The van der Waals surface area contributed by atoms with Crippen LogP contribution in [0.5, 0.6) is 0 Å². The number of carbonyl (C=O) groups excluding carboxylic acids is 3. The number of hydrogen-bond donors (Lipinski definition) is 2. The third kappa shape index (κ3) is 5.28. The Morgan fingerprint density at radius 3 is 2.57 bits per heavy atom. The number of carbonyl (C=O) groups is 3. The zero-order valence-corrected chi connectivity index (χ0v) is 17.5. The van der Waals surface area contributed by atoms with Crippen LogP contribution in [0.15, 0.2) is 47.1 Å². The fourth-order valence-corrected chi connectivity index (χ4v) is 3.76. The zero-order valence-electron chi connectivity index (χ0n) is 17.5. The summed E-state index contributed by atoms with van der Waals surface area (Å²) in [5.41, 5.74) is 1.52. The lowest BCUT2D eigenvalue weighted by Crippen LogP contribution is -2.54. The number of rotatable bonds is 7. The molecule has 0 bridgehead atoms. The van der Waals surface area contributed by atoms with E-state index in [9.17, 15) is 14.4 Å². The van der Waals surface area contributed by atoms with Crippen molar-refractivity contribution in [2.75, 3.05) is 19.6 Å². The summed E-state index contributed by atoms with van der Waals surface area (Å²) in [6, 6.07) is 10.0. The molecule has 1 unspecified atom stereocenters. The first-order valence-corrected chi connectivity index (χ1v) is 10.5. The number of hydrogen-bond acceptors (Lipinski definition) is 4. The first-order valence-electron chi connectivity index (χ1n) is 10.5. The van der Waals surface area contributed by atoms with Gasteiger partial charge in [-0.2, -0.15) is 0 Å². The molecule has 1 aliphatic heterocycles. The lowest BCUT2D eigenvalue weighted by atomic mass is 9.88. The Morgan fingerprint density at radius 1 is 1.17 bits per heavy atom. The number of benzene rings is 1. The van der Waals surface area contributed by atoms with E-state index in [1.165, 1.54) is 6.26 Å². The van der Waals surface area contributed by atoms with Crippen LogP contribution in [0, 0.1) is 12.8 Å². The second kappa shape index (κ2) is 10.1. The summed E-state index contributed by atoms with van der Waals surface area (Å²) >= 11 is 0. The van der Waals surface area contributed by atoms with Crippen LogP contribution >= 0.6 is 0 Å². The number of furan rings is 1. The first-order chi connectivity index (χ1) is 14.5.